The van der Waals surface area contributed by atoms with Crippen molar-refractivity contribution >= 4 is 5.78 Å². The zero-order chi connectivity index (χ0) is 11.5. The van der Waals surface area contributed by atoms with Crippen molar-refractivity contribution in [3.8, 4) is 5.75 Å². The molecule has 84 valence electrons. The van der Waals surface area contributed by atoms with Crippen LogP contribution in [0.5, 0.6) is 5.75 Å². The van der Waals surface area contributed by atoms with Gasteiger partial charge in [0.2, 0.25) is 0 Å². The maximum atomic E-state index is 11.5. The van der Waals surface area contributed by atoms with Crippen LogP contribution in [0.4, 0.5) is 0 Å². The zero-order valence-corrected chi connectivity index (χ0v) is 9.69. The van der Waals surface area contributed by atoms with Crippen LogP contribution in [0.15, 0.2) is 35.9 Å². The molecule has 1 aromatic carbocycles. The number of methoxy groups -OCH3 is 1. The highest BCUT2D eigenvalue weighted by Gasteiger charge is 2.22. The van der Waals surface area contributed by atoms with Gasteiger partial charge in [0.25, 0.3) is 0 Å². The summed E-state index contributed by atoms with van der Waals surface area (Å²) in [7, 11) is 1.67. The molecule has 0 spiro atoms. The van der Waals surface area contributed by atoms with E-state index in [1.54, 1.807) is 13.2 Å². The molecule has 0 bridgehead atoms. The van der Waals surface area contributed by atoms with Crippen LogP contribution in [0, 0.1) is 0 Å². The summed E-state index contributed by atoms with van der Waals surface area (Å²) in [5, 5.41) is 0. The second kappa shape index (κ2) is 4.52. The topological polar surface area (TPSA) is 26.3 Å². The summed E-state index contributed by atoms with van der Waals surface area (Å²) in [4.78, 5) is 11.5. The van der Waals surface area contributed by atoms with Gasteiger partial charge in [-0.25, -0.2) is 0 Å². The maximum Gasteiger partial charge on any atom is 0.156 e. The molecule has 0 radical (unpaired) electrons. The van der Waals surface area contributed by atoms with E-state index >= 15 is 0 Å². The van der Waals surface area contributed by atoms with E-state index in [0.29, 0.717) is 6.42 Å². The highest BCUT2D eigenvalue weighted by atomic mass is 16.5. The first-order valence-electron chi connectivity index (χ1n) is 5.53. The molecular formula is C14H16O2. The van der Waals surface area contributed by atoms with Crippen molar-refractivity contribution in [3.05, 3.63) is 41.5 Å². The first kappa shape index (κ1) is 10.9. The van der Waals surface area contributed by atoms with Crippen molar-refractivity contribution in [1.29, 1.82) is 0 Å². The fourth-order valence-electron chi connectivity index (χ4n) is 2.32. The lowest BCUT2D eigenvalue weighted by molar-refractivity contribution is -0.115. The zero-order valence-electron chi connectivity index (χ0n) is 9.69. The van der Waals surface area contributed by atoms with Gasteiger partial charge in [-0.3, -0.25) is 4.79 Å². The van der Waals surface area contributed by atoms with Gasteiger partial charge in [0.1, 0.15) is 5.75 Å². The van der Waals surface area contributed by atoms with Crippen LogP contribution >= 0.6 is 0 Å². The third-order valence-electron chi connectivity index (χ3n) is 3.00. The Morgan fingerprint density at radius 1 is 1.25 bits per heavy atom. The molecule has 0 saturated carbocycles. The van der Waals surface area contributed by atoms with Crippen LogP contribution in [0.3, 0.4) is 0 Å². The molecule has 0 aromatic heterocycles. The predicted molar refractivity (Wildman–Crippen MR) is 63.7 cm³/mol. The molecule has 2 rings (SSSR count). The van der Waals surface area contributed by atoms with Gasteiger partial charge in [0.15, 0.2) is 5.78 Å². The van der Waals surface area contributed by atoms with Crippen molar-refractivity contribution in [3.63, 3.8) is 0 Å². The SMILES string of the molecule is COc1ccccc1C1CC(=O)C=C(C)C1. The summed E-state index contributed by atoms with van der Waals surface area (Å²) in [5.74, 6) is 1.38. The number of benzene rings is 1. The Hall–Kier alpha value is -1.57. The molecule has 0 amide bonds. The largest absolute Gasteiger partial charge is 0.496 e. The van der Waals surface area contributed by atoms with Gasteiger partial charge in [-0.2, -0.15) is 0 Å². The highest BCUT2D eigenvalue weighted by molar-refractivity contribution is 5.92. The Labute approximate surface area is 95.9 Å². The monoisotopic (exact) mass is 216 g/mol. The van der Waals surface area contributed by atoms with Gasteiger partial charge < -0.3 is 4.74 Å². The number of carbonyl (C=O) groups is 1. The Kier molecular flexibility index (Phi) is 3.09. The van der Waals surface area contributed by atoms with E-state index in [2.05, 4.69) is 6.07 Å². The molecule has 1 aliphatic rings. The van der Waals surface area contributed by atoms with Gasteiger partial charge in [0, 0.05) is 6.42 Å². The average Bonchev–Trinajstić information content (AvgIpc) is 2.27. The van der Waals surface area contributed by atoms with Crippen LogP contribution in [0.2, 0.25) is 0 Å². The second-order valence-corrected chi connectivity index (χ2v) is 4.30. The maximum absolute atomic E-state index is 11.5. The van der Waals surface area contributed by atoms with Crippen LogP contribution in [0.1, 0.15) is 31.2 Å². The van der Waals surface area contributed by atoms with Crippen LogP contribution in [-0.4, -0.2) is 12.9 Å². The Morgan fingerprint density at radius 3 is 2.69 bits per heavy atom. The number of allylic oxidation sites excluding steroid dienone is 2. The normalized spacial score (nSPS) is 20.5. The molecule has 1 aliphatic carbocycles. The summed E-state index contributed by atoms with van der Waals surface area (Å²) in [6, 6.07) is 7.95. The predicted octanol–water partition coefficient (Wildman–Crippen LogP) is 3.09. The fraction of sp³-hybridized carbons (Fsp3) is 0.357. The third kappa shape index (κ3) is 2.16. The third-order valence-corrected chi connectivity index (χ3v) is 3.00. The van der Waals surface area contributed by atoms with Gasteiger partial charge in [-0.1, -0.05) is 23.8 Å². The molecule has 2 heteroatoms. The van der Waals surface area contributed by atoms with Crippen molar-refractivity contribution in [2.75, 3.05) is 7.11 Å². The van der Waals surface area contributed by atoms with Crippen molar-refractivity contribution < 1.29 is 9.53 Å². The average molecular weight is 216 g/mol. The van der Waals surface area contributed by atoms with E-state index in [-0.39, 0.29) is 11.7 Å². The molecule has 1 unspecified atom stereocenters. The van der Waals surface area contributed by atoms with E-state index < -0.39 is 0 Å². The molecule has 0 aliphatic heterocycles. The lowest BCUT2D eigenvalue weighted by Gasteiger charge is -2.22. The molecule has 1 aromatic rings. The molecule has 0 N–H and O–H groups in total. The quantitative estimate of drug-likeness (QED) is 0.759. The van der Waals surface area contributed by atoms with E-state index in [1.165, 1.54) is 0 Å². The number of carbonyl (C=O) groups excluding carboxylic acids is 1. The van der Waals surface area contributed by atoms with Crippen LogP contribution in [0.25, 0.3) is 0 Å². The van der Waals surface area contributed by atoms with Crippen LogP contribution in [-0.2, 0) is 4.79 Å². The van der Waals surface area contributed by atoms with E-state index in [1.807, 2.05) is 25.1 Å². The molecule has 0 heterocycles. The van der Waals surface area contributed by atoms with Crippen molar-refractivity contribution in [2.45, 2.75) is 25.7 Å². The minimum atomic E-state index is 0.222. The summed E-state index contributed by atoms with van der Waals surface area (Å²) < 4.78 is 5.34. The van der Waals surface area contributed by atoms with E-state index in [0.717, 1.165) is 23.3 Å². The number of ketones is 1. The second-order valence-electron chi connectivity index (χ2n) is 4.30. The summed E-state index contributed by atoms with van der Waals surface area (Å²) >= 11 is 0. The fourth-order valence-corrected chi connectivity index (χ4v) is 2.32. The molecular weight excluding hydrogens is 200 g/mol. The summed E-state index contributed by atoms with van der Waals surface area (Å²) in [6.45, 7) is 2.01. The molecule has 2 nitrogen and oxygen atoms in total. The molecule has 0 fully saturated rings. The van der Waals surface area contributed by atoms with Gasteiger partial charge >= 0.3 is 0 Å². The minimum absolute atomic E-state index is 0.222. The lowest BCUT2D eigenvalue weighted by Crippen LogP contribution is -2.12. The number of rotatable bonds is 2. The Morgan fingerprint density at radius 2 is 2.00 bits per heavy atom. The summed E-state index contributed by atoms with van der Waals surface area (Å²) in [5.41, 5.74) is 2.30. The molecule has 1 atom stereocenters. The van der Waals surface area contributed by atoms with Crippen molar-refractivity contribution in [1.82, 2.24) is 0 Å². The number of ether oxygens (including phenoxy) is 1. The van der Waals surface area contributed by atoms with E-state index in [9.17, 15) is 4.79 Å². The Balaban J connectivity index is 2.31. The number of para-hydroxylation sites is 1. The number of hydrogen-bond acceptors (Lipinski definition) is 2. The first-order chi connectivity index (χ1) is 7.70. The van der Waals surface area contributed by atoms with Crippen LogP contribution < -0.4 is 4.74 Å². The molecule has 0 saturated heterocycles. The van der Waals surface area contributed by atoms with E-state index in [4.69, 9.17) is 4.74 Å². The lowest BCUT2D eigenvalue weighted by atomic mass is 9.83. The summed E-state index contributed by atoms with van der Waals surface area (Å²) in [6.07, 6.45) is 3.30. The number of hydrogen-bond donors (Lipinski definition) is 0. The van der Waals surface area contributed by atoms with Gasteiger partial charge in [-0.05, 0) is 37.0 Å². The Bertz CT molecular complexity index is 432. The highest BCUT2D eigenvalue weighted by Crippen LogP contribution is 2.35. The smallest absolute Gasteiger partial charge is 0.156 e. The standard InChI is InChI=1S/C14H16O2/c1-10-7-11(9-12(15)8-10)13-5-3-4-6-14(13)16-2/h3-6,8,11H,7,9H2,1-2H3. The van der Waals surface area contributed by atoms with Gasteiger partial charge in [-0.15, -0.1) is 0 Å². The van der Waals surface area contributed by atoms with Gasteiger partial charge in [0.05, 0.1) is 7.11 Å². The first-order valence-corrected chi connectivity index (χ1v) is 5.53. The van der Waals surface area contributed by atoms with Crippen molar-refractivity contribution in [2.24, 2.45) is 0 Å². The minimum Gasteiger partial charge on any atom is -0.496 e. The molecule has 16 heavy (non-hydrogen) atoms.